The Hall–Kier alpha value is -1.79. The van der Waals surface area contributed by atoms with Gasteiger partial charge in [-0.25, -0.2) is 4.79 Å². The maximum absolute atomic E-state index is 12.4. The van der Waals surface area contributed by atoms with Gasteiger partial charge in [0.15, 0.2) is 6.61 Å². The van der Waals surface area contributed by atoms with E-state index >= 15 is 0 Å². The molecule has 1 aliphatic heterocycles. The zero-order valence-electron chi connectivity index (χ0n) is 14.4. The predicted octanol–water partition coefficient (Wildman–Crippen LogP) is 1.67. The van der Waals surface area contributed by atoms with Crippen LogP contribution in [-0.2, 0) is 20.9 Å². The van der Waals surface area contributed by atoms with E-state index in [1.54, 1.807) is 6.07 Å². The topological polar surface area (TPSA) is 76.7 Å². The van der Waals surface area contributed by atoms with Gasteiger partial charge in [0.05, 0.1) is 7.11 Å². The van der Waals surface area contributed by atoms with E-state index in [1.807, 2.05) is 18.2 Å². The van der Waals surface area contributed by atoms with Gasteiger partial charge in [-0.3, -0.25) is 4.79 Å². The van der Waals surface area contributed by atoms with Crippen molar-refractivity contribution in [2.24, 2.45) is 11.3 Å². The molecule has 1 saturated heterocycles. The van der Waals surface area contributed by atoms with E-state index in [0.29, 0.717) is 12.3 Å². The number of carbonyl (C=O) groups excluding carboxylic acids is 2. The van der Waals surface area contributed by atoms with Crippen molar-refractivity contribution in [3.63, 3.8) is 0 Å². The lowest BCUT2D eigenvalue weighted by Crippen LogP contribution is -2.33. The van der Waals surface area contributed by atoms with Crippen molar-refractivity contribution < 1.29 is 19.1 Å². The Balaban J connectivity index is 0.00000225. The van der Waals surface area contributed by atoms with Crippen LogP contribution in [0.2, 0.25) is 0 Å². The molecule has 3 rings (SSSR count). The van der Waals surface area contributed by atoms with Gasteiger partial charge in [0.1, 0.15) is 5.75 Å². The summed E-state index contributed by atoms with van der Waals surface area (Å²) >= 11 is 0. The molecule has 2 N–H and O–H groups in total. The minimum Gasteiger partial charge on any atom is -0.482 e. The Labute approximate surface area is 154 Å². The molecule has 138 valence electrons. The number of esters is 1. The predicted molar refractivity (Wildman–Crippen MR) is 95.7 cm³/mol. The molecule has 1 saturated carbocycles. The minimum absolute atomic E-state index is 0. The van der Waals surface area contributed by atoms with Gasteiger partial charge in [0.2, 0.25) is 5.91 Å². The molecule has 1 heterocycles. The van der Waals surface area contributed by atoms with Crippen molar-refractivity contribution in [2.75, 3.05) is 26.8 Å². The Kier molecular flexibility index (Phi) is 6.67. The molecule has 1 unspecified atom stereocenters. The summed E-state index contributed by atoms with van der Waals surface area (Å²) in [6, 6.07) is 7.38. The number of amides is 1. The van der Waals surface area contributed by atoms with Gasteiger partial charge in [-0.15, -0.1) is 12.4 Å². The molecular formula is C18H25ClN2O4. The lowest BCUT2D eigenvalue weighted by atomic mass is 9.92. The third-order valence-corrected chi connectivity index (χ3v) is 5.06. The Morgan fingerprint density at radius 1 is 1.32 bits per heavy atom. The number of halogens is 1. The molecule has 7 heteroatoms. The highest BCUT2D eigenvalue weighted by Gasteiger charge is 2.57. The van der Waals surface area contributed by atoms with Crippen molar-refractivity contribution in [1.82, 2.24) is 10.6 Å². The summed E-state index contributed by atoms with van der Waals surface area (Å²) in [4.78, 5) is 23.5. The zero-order valence-corrected chi connectivity index (χ0v) is 15.2. The molecule has 6 nitrogen and oxygen atoms in total. The van der Waals surface area contributed by atoms with Crippen LogP contribution in [-0.4, -0.2) is 38.7 Å². The minimum atomic E-state index is -0.422. The van der Waals surface area contributed by atoms with Gasteiger partial charge in [-0.05, 0) is 55.5 Å². The molecule has 0 aromatic heterocycles. The highest BCUT2D eigenvalue weighted by Crippen LogP contribution is 2.58. The van der Waals surface area contributed by atoms with Crippen molar-refractivity contribution in [3.8, 4) is 5.75 Å². The quantitative estimate of drug-likeness (QED) is 0.747. The first-order chi connectivity index (χ1) is 11.6. The molecule has 1 aromatic carbocycles. The third kappa shape index (κ3) is 4.86. The van der Waals surface area contributed by atoms with Crippen LogP contribution in [0.1, 0.15) is 24.8 Å². The van der Waals surface area contributed by atoms with Crippen molar-refractivity contribution in [3.05, 3.63) is 29.8 Å². The lowest BCUT2D eigenvalue weighted by molar-refractivity contribution is -0.142. The molecular weight excluding hydrogens is 344 g/mol. The second-order valence-corrected chi connectivity index (χ2v) is 6.60. The van der Waals surface area contributed by atoms with Gasteiger partial charge in [-0.2, -0.15) is 0 Å². The molecule has 1 aromatic rings. The summed E-state index contributed by atoms with van der Waals surface area (Å²) in [5.74, 6) is 0.485. The maximum atomic E-state index is 12.4. The molecule has 1 atom stereocenters. The van der Waals surface area contributed by atoms with Crippen LogP contribution in [0, 0.1) is 11.3 Å². The van der Waals surface area contributed by atoms with Crippen molar-refractivity contribution in [2.45, 2.75) is 25.8 Å². The van der Waals surface area contributed by atoms with Crippen molar-refractivity contribution in [1.29, 1.82) is 0 Å². The number of carbonyl (C=O) groups is 2. The zero-order chi connectivity index (χ0) is 17.0. The molecule has 25 heavy (non-hydrogen) atoms. The second-order valence-electron chi connectivity index (χ2n) is 6.60. The fourth-order valence-electron chi connectivity index (χ4n) is 3.45. The Bertz CT molecular complexity index is 617. The lowest BCUT2D eigenvalue weighted by Gasteiger charge is -2.23. The van der Waals surface area contributed by atoms with E-state index in [2.05, 4.69) is 15.4 Å². The van der Waals surface area contributed by atoms with Gasteiger partial charge >= 0.3 is 5.97 Å². The average molecular weight is 369 g/mol. The third-order valence-electron chi connectivity index (χ3n) is 5.06. The summed E-state index contributed by atoms with van der Waals surface area (Å²) in [6.45, 7) is 2.39. The summed E-state index contributed by atoms with van der Waals surface area (Å²) < 4.78 is 9.91. The molecule has 2 fully saturated rings. The number of hydrogen-bond acceptors (Lipinski definition) is 5. The normalized spacial score (nSPS) is 20.3. The molecule has 0 radical (unpaired) electrons. The van der Waals surface area contributed by atoms with Crippen LogP contribution < -0.4 is 15.4 Å². The summed E-state index contributed by atoms with van der Waals surface area (Å²) in [7, 11) is 1.32. The van der Waals surface area contributed by atoms with E-state index in [-0.39, 0.29) is 36.3 Å². The number of methoxy groups -OCH3 is 1. The van der Waals surface area contributed by atoms with Crippen LogP contribution in [0.3, 0.4) is 0 Å². The van der Waals surface area contributed by atoms with Gasteiger partial charge in [0.25, 0.3) is 0 Å². The largest absolute Gasteiger partial charge is 0.482 e. The smallest absolute Gasteiger partial charge is 0.343 e. The highest BCUT2D eigenvalue weighted by atomic mass is 35.5. The SMILES string of the molecule is COC(=O)COc1cccc(CNC(=O)C2CC23CCNCC3)c1.Cl. The number of hydrogen-bond donors (Lipinski definition) is 2. The monoisotopic (exact) mass is 368 g/mol. The van der Waals surface area contributed by atoms with Crippen LogP contribution in [0.5, 0.6) is 5.75 Å². The fourth-order valence-corrected chi connectivity index (χ4v) is 3.45. The van der Waals surface area contributed by atoms with Crippen LogP contribution >= 0.6 is 12.4 Å². The van der Waals surface area contributed by atoms with Crippen molar-refractivity contribution >= 4 is 24.3 Å². The van der Waals surface area contributed by atoms with Gasteiger partial charge in [0, 0.05) is 12.5 Å². The average Bonchev–Trinajstić information content (AvgIpc) is 3.31. The van der Waals surface area contributed by atoms with E-state index < -0.39 is 5.97 Å². The standard InChI is InChI=1S/C18H24N2O4.ClH/c1-23-16(21)12-24-14-4-2-3-13(9-14)11-20-17(22)15-10-18(15)5-7-19-8-6-18;/h2-4,9,15,19H,5-8,10-12H2,1H3,(H,20,22);1H. The van der Waals surface area contributed by atoms with Crippen LogP contribution in [0.25, 0.3) is 0 Å². The molecule has 0 bridgehead atoms. The van der Waals surface area contributed by atoms with Gasteiger partial charge < -0.3 is 20.1 Å². The number of rotatable bonds is 6. The summed E-state index contributed by atoms with van der Waals surface area (Å²) in [5, 5.41) is 6.38. The van der Waals surface area contributed by atoms with E-state index in [4.69, 9.17) is 4.74 Å². The number of nitrogens with one attached hydrogen (secondary N) is 2. The second kappa shape index (κ2) is 8.54. The fraction of sp³-hybridized carbons (Fsp3) is 0.556. The summed E-state index contributed by atoms with van der Waals surface area (Å²) in [6.07, 6.45) is 3.21. The first-order valence-electron chi connectivity index (χ1n) is 8.40. The Morgan fingerprint density at radius 3 is 2.80 bits per heavy atom. The van der Waals surface area contributed by atoms with Gasteiger partial charge in [-0.1, -0.05) is 12.1 Å². The van der Waals surface area contributed by atoms with Crippen LogP contribution in [0.15, 0.2) is 24.3 Å². The first-order valence-corrected chi connectivity index (χ1v) is 8.40. The Morgan fingerprint density at radius 2 is 2.08 bits per heavy atom. The van der Waals surface area contributed by atoms with E-state index in [1.165, 1.54) is 7.11 Å². The highest BCUT2D eigenvalue weighted by molar-refractivity contribution is 5.85. The molecule has 1 aliphatic carbocycles. The maximum Gasteiger partial charge on any atom is 0.343 e. The molecule has 1 amide bonds. The van der Waals surface area contributed by atoms with E-state index in [9.17, 15) is 9.59 Å². The molecule has 2 aliphatic rings. The number of ether oxygens (including phenoxy) is 2. The van der Waals surface area contributed by atoms with Crippen LogP contribution in [0.4, 0.5) is 0 Å². The number of benzene rings is 1. The summed E-state index contributed by atoms with van der Waals surface area (Å²) in [5.41, 5.74) is 1.20. The number of piperidine rings is 1. The first kappa shape index (κ1) is 19.5. The van der Waals surface area contributed by atoms with E-state index in [0.717, 1.165) is 37.9 Å². The molecule has 1 spiro atoms.